The van der Waals surface area contributed by atoms with E-state index in [-0.39, 0.29) is 0 Å². The van der Waals surface area contributed by atoms with Crippen LogP contribution in [-0.4, -0.2) is 5.75 Å². The highest BCUT2D eigenvalue weighted by Crippen LogP contribution is 2.42. The van der Waals surface area contributed by atoms with Crippen molar-refractivity contribution in [2.45, 2.75) is 63.7 Å². The van der Waals surface area contributed by atoms with Crippen molar-refractivity contribution in [3.63, 3.8) is 0 Å². The maximum atomic E-state index is 2.39. The third kappa shape index (κ3) is 2.93. The lowest BCUT2D eigenvalue weighted by Gasteiger charge is -2.29. The topological polar surface area (TPSA) is 0 Å². The molecule has 0 saturated carbocycles. The summed E-state index contributed by atoms with van der Waals surface area (Å²) < 4.78 is 0. The highest BCUT2D eigenvalue weighted by Gasteiger charge is 2.24. The van der Waals surface area contributed by atoms with E-state index in [0.717, 1.165) is 11.8 Å². The lowest BCUT2D eigenvalue weighted by molar-refractivity contribution is 0.442. The summed E-state index contributed by atoms with van der Waals surface area (Å²) in [4.78, 5) is 1.56. The molecule has 0 spiro atoms. The first-order chi connectivity index (χ1) is 8.61. The molecule has 0 nitrogen and oxygen atoms in total. The molecule has 0 N–H and O–H groups in total. The Labute approximate surface area is 117 Å². The maximum absolute atomic E-state index is 2.39. The van der Waals surface area contributed by atoms with Crippen molar-refractivity contribution in [2.75, 3.05) is 5.75 Å². The smallest absolute Gasteiger partial charge is 0.0110 e. The zero-order valence-electron chi connectivity index (χ0n) is 12.2. The molecule has 0 aliphatic carbocycles. The van der Waals surface area contributed by atoms with Crippen LogP contribution in [-0.2, 0) is 0 Å². The van der Waals surface area contributed by atoms with E-state index in [9.17, 15) is 0 Å². The first-order valence-corrected chi connectivity index (χ1v) is 8.35. The van der Waals surface area contributed by atoms with Crippen molar-refractivity contribution in [1.29, 1.82) is 0 Å². The molecule has 0 bridgehead atoms. The molecule has 1 aliphatic rings. The molecule has 100 valence electrons. The van der Waals surface area contributed by atoms with E-state index >= 15 is 0 Å². The van der Waals surface area contributed by atoms with Crippen molar-refractivity contribution in [2.24, 2.45) is 5.92 Å². The first kappa shape index (κ1) is 14.0. The van der Waals surface area contributed by atoms with Gasteiger partial charge in [-0.25, -0.2) is 0 Å². The summed E-state index contributed by atoms with van der Waals surface area (Å²) >= 11 is 2.08. The Morgan fingerprint density at radius 1 is 1.11 bits per heavy atom. The lowest BCUT2D eigenvalue weighted by atomic mass is 9.80. The van der Waals surface area contributed by atoms with Gasteiger partial charge in [-0.05, 0) is 53.5 Å². The summed E-state index contributed by atoms with van der Waals surface area (Å²) in [6.45, 7) is 9.43. The molecule has 0 saturated heterocycles. The van der Waals surface area contributed by atoms with Crippen LogP contribution in [0.4, 0.5) is 0 Å². The summed E-state index contributed by atoms with van der Waals surface area (Å²) in [5.41, 5.74) is 3.26. The Kier molecular flexibility index (Phi) is 4.77. The van der Waals surface area contributed by atoms with Gasteiger partial charge in [-0.1, -0.05) is 46.2 Å². The van der Waals surface area contributed by atoms with E-state index in [4.69, 9.17) is 0 Å². The minimum absolute atomic E-state index is 0.640. The highest BCUT2D eigenvalue weighted by atomic mass is 32.2. The SMILES string of the molecule is CC(C)c1cccc2c1C(C(C)C)CCCCS2. The van der Waals surface area contributed by atoms with Crippen molar-refractivity contribution in [3.8, 4) is 0 Å². The van der Waals surface area contributed by atoms with Gasteiger partial charge in [0.25, 0.3) is 0 Å². The summed E-state index contributed by atoms with van der Waals surface area (Å²) in [5, 5.41) is 0. The van der Waals surface area contributed by atoms with Gasteiger partial charge < -0.3 is 0 Å². The minimum atomic E-state index is 0.640. The molecule has 18 heavy (non-hydrogen) atoms. The molecule has 1 aliphatic heterocycles. The van der Waals surface area contributed by atoms with Gasteiger partial charge in [0.15, 0.2) is 0 Å². The Morgan fingerprint density at radius 3 is 2.56 bits per heavy atom. The lowest BCUT2D eigenvalue weighted by Crippen LogP contribution is -2.13. The van der Waals surface area contributed by atoms with Crippen molar-refractivity contribution in [3.05, 3.63) is 29.3 Å². The van der Waals surface area contributed by atoms with Gasteiger partial charge in [0.2, 0.25) is 0 Å². The van der Waals surface area contributed by atoms with Gasteiger partial charge in [-0.3, -0.25) is 0 Å². The monoisotopic (exact) mass is 262 g/mol. The Morgan fingerprint density at radius 2 is 1.89 bits per heavy atom. The van der Waals surface area contributed by atoms with E-state index in [0.29, 0.717) is 5.92 Å². The number of hydrogen-bond acceptors (Lipinski definition) is 1. The van der Waals surface area contributed by atoms with Crippen LogP contribution in [0.25, 0.3) is 0 Å². The highest BCUT2D eigenvalue weighted by molar-refractivity contribution is 7.99. The fraction of sp³-hybridized carbons (Fsp3) is 0.647. The molecule has 1 heterocycles. The van der Waals surface area contributed by atoms with E-state index in [1.54, 1.807) is 16.0 Å². The van der Waals surface area contributed by atoms with Gasteiger partial charge in [0.1, 0.15) is 0 Å². The van der Waals surface area contributed by atoms with Gasteiger partial charge in [0, 0.05) is 4.90 Å². The van der Waals surface area contributed by atoms with Crippen LogP contribution >= 0.6 is 11.8 Å². The predicted molar refractivity (Wildman–Crippen MR) is 82.7 cm³/mol. The summed E-state index contributed by atoms with van der Waals surface area (Å²) in [5.74, 6) is 3.44. The molecule has 0 radical (unpaired) electrons. The molecule has 1 aromatic carbocycles. The van der Waals surface area contributed by atoms with Gasteiger partial charge in [0.05, 0.1) is 0 Å². The second kappa shape index (κ2) is 6.14. The maximum Gasteiger partial charge on any atom is 0.0110 e. The number of fused-ring (bicyclic) bond motifs is 1. The number of benzene rings is 1. The van der Waals surface area contributed by atoms with E-state index in [2.05, 4.69) is 57.7 Å². The molecule has 1 aromatic rings. The van der Waals surface area contributed by atoms with Crippen LogP contribution in [0.2, 0.25) is 0 Å². The Hall–Kier alpha value is -0.430. The third-order valence-electron chi connectivity index (χ3n) is 4.06. The number of thioether (sulfide) groups is 1. The summed E-state index contributed by atoms with van der Waals surface area (Å²) in [6, 6.07) is 6.94. The Bertz CT molecular complexity index is 393. The zero-order chi connectivity index (χ0) is 13.1. The summed E-state index contributed by atoms with van der Waals surface area (Å²) in [7, 11) is 0. The molecule has 2 rings (SSSR count). The quantitative estimate of drug-likeness (QED) is 0.646. The normalized spacial score (nSPS) is 20.7. The number of hydrogen-bond donors (Lipinski definition) is 0. The van der Waals surface area contributed by atoms with Crippen LogP contribution in [0.1, 0.15) is 69.9 Å². The fourth-order valence-corrected chi connectivity index (χ4v) is 4.21. The zero-order valence-corrected chi connectivity index (χ0v) is 13.0. The molecule has 1 heteroatoms. The molecule has 1 unspecified atom stereocenters. The van der Waals surface area contributed by atoms with Gasteiger partial charge >= 0.3 is 0 Å². The van der Waals surface area contributed by atoms with E-state index in [1.165, 1.54) is 25.0 Å². The van der Waals surface area contributed by atoms with Crippen LogP contribution in [0, 0.1) is 5.92 Å². The second-order valence-electron chi connectivity index (χ2n) is 6.11. The van der Waals surface area contributed by atoms with E-state index in [1.807, 2.05) is 0 Å². The second-order valence-corrected chi connectivity index (χ2v) is 7.25. The molecular weight excluding hydrogens is 236 g/mol. The first-order valence-electron chi connectivity index (χ1n) is 7.37. The molecular formula is C17H26S. The van der Waals surface area contributed by atoms with Gasteiger partial charge in [-0.2, -0.15) is 0 Å². The van der Waals surface area contributed by atoms with Crippen molar-refractivity contribution >= 4 is 11.8 Å². The number of rotatable bonds is 2. The largest absolute Gasteiger partial charge is 0.126 e. The molecule has 0 fully saturated rings. The standard InChI is InChI=1S/C17H26S/c1-12(2)14-8-5-6-11-18-16-10-7-9-15(13(3)4)17(14)16/h7,9-10,12-14H,5-6,8,11H2,1-4H3. The van der Waals surface area contributed by atoms with Crippen molar-refractivity contribution in [1.82, 2.24) is 0 Å². The van der Waals surface area contributed by atoms with Crippen LogP contribution in [0.5, 0.6) is 0 Å². The van der Waals surface area contributed by atoms with Crippen molar-refractivity contribution < 1.29 is 0 Å². The average molecular weight is 262 g/mol. The Balaban J connectivity index is 2.51. The molecule has 0 amide bonds. The van der Waals surface area contributed by atoms with Crippen LogP contribution < -0.4 is 0 Å². The molecule has 1 atom stereocenters. The van der Waals surface area contributed by atoms with Gasteiger partial charge in [-0.15, -0.1) is 11.8 Å². The third-order valence-corrected chi connectivity index (χ3v) is 5.22. The van der Waals surface area contributed by atoms with Crippen LogP contribution in [0.3, 0.4) is 0 Å². The fourth-order valence-electron chi connectivity index (χ4n) is 3.05. The minimum Gasteiger partial charge on any atom is -0.126 e. The molecule has 0 aromatic heterocycles. The van der Waals surface area contributed by atoms with E-state index < -0.39 is 0 Å². The summed E-state index contributed by atoms with van der Waals surface area (Å²) in [6.07, 6.45) is 4.13. The predicted octanol–water partition coefficient (Wildman–Crippen LogP) is 5.83. The average Bonchev–Trinajstić information content (AvgIpc) is 2.28. The van der Waals surface area contributed by atoms with Crippen LogP contribution in [0.15, 0.2) is 23.1 Å².